The van der Waals surface area contributed by atoms with Gasteiger partial charge in [0.15, 0.2) is 5.82 Å². The number of pyridine rings is 2. The number of hydrogen-bond acceptors (Lipinski definition) is 10. The summed E-state index contributed by atoms with van der Waals surface area (Å²) in [7, 11) is 4.84. The summed E-state index contributed by atoms with van der Waals surface area (Å²) in [5, 5.41) is 25.4. The second kappa shape index (κ2) is 15.5. The number of likely N-dealkylation sites (tertiary alicyclic amines) is 2. The molecule has 12 nitrogen and oxygen atoms in total. The Morgan fingerprint density at radius 3 is 2.31 bits per heavy atom. The molecule has 1 atom stereocenters. The van der Waals surface area contributed by atoms with Crippen molar-refractivity contribution in [1.82, 2.24) is 29.5 Å². The highest BCUT2D eigenvalue weighted by atomic mass is 35.5. The maximum atomic E-state index is 11.1. The molecule has 0 saturated carbocycles. The van der Waals surface area contributed by atoms with E-state index in [-0.39, 0.29) is 18.4 Å². The van der Waals surface area contributed by atoms with E-state index in [2.05, 4.69) is 9.80 Å². The van der Waals surface area contributed by atoms with Crippen LogP contribution in [-0.4, -0.2) is 99.3 Å². The molecule has 0 bridgehead atoms. The number of piperidine rings is 1. The van der Waals surface area contributed by atoms with Crippen LogP contribution < -0.4 is 14.2 Å². The summed E-state index contributed by atoms with van der Waals surface area (Å²) >= 11 is 7.19. The van der Waals surface area contributed by atoms with E-state index in [1.165, 1.54) is 0 Å². The van der Waals surface area contributed by atoms with E-state index >= 15 is 0 Å². The zero-order valence-corrected chi connectivity index (χ0v) is 30.3. The lowest BCUT2D eigenvalue weighted by Crippen LogP contribution is -2.34. The van der Waals surface area contributed by atoms with Gasteiger partial charge < -0.3 is 24.4 Å². The maximum absolute atomic E-state index is 11.1. The summed E-state index contributed by atoms with van der Waals surface area (Å²) in [6.45, 7) is 4.29. The number of ether oxygens (including phenoxy) is 3. The summed E-state index contributed by atoms with van der Waals surface area (Å²) in [5.41, 5.74) is 5.85. The molecule has 2 aliphatic rings. The lowest BCUT2D eigenvalue weighted by Gasteiger charge is -2.31. The van der Waals surface area contributed by atoms with Crippen molar-refractivity contribution in [3.8, 4) is 45.7 Å². The minimum Gasteiger partial charge on any atom is -0.496 e. The van der Waals surface area contributed by atoms with Crippen molar-refractivity contribution in [2.24, 2.45) is 5.92 Å². The summed E-state index contributed by atoms with van der Waals surface area (Å²) in [5.74, 6) is 1.66. The molecule has 2 fully saturated rings. The van der Waals surface area contributed by atoms with E-state index < -0.39 is 5.97 Å². The van der Waals surface area contributed by atoms with Gasteiger partial charge in [0.25, 0.3) is 0 Å². The number of aliphatic carboxylic acids is 1. The number of methoxy groups -OCH3 is 3. The Kier molecular flexibility index (Phi) is 10.6. The second-order valence-electron chi connectivity index (χ2n) is 13.5. The highest BCUT2D eigenvalue weighted by molar-refractivity contribution is 6.36. The molecular formula is C39H43ClN6O6. The number of β-amino-alcohol motifs (C(OH)–C–C–N with tert-alkyl or cyclic N) is 1. The first kappa shape index (κ1) is 35.6. The van der Waals surface area contributed by atoms with E-state index in [0.29, 0.717) is 53.7 Å². The van der Waals surface area contributed by atoms with Crippen LogP contribution in [0.15, 0.2) is 60.8 Å². The molecule has 7 rings (SSSR count). The fourth-order valence-electron chi connectivity index (χ4n) is 7.46. The average Bonchev–Trinajstić information content (AvgIpc) is 3.78. The highest BCUT2D eigenvalue weighted by Crippen LogP contribution is 2.40. The van der Waals surface area contributed by atoms with E-state index in [4.69, 9.17) is 46.0 Å². The van der Waals surface area contributed by atoms with Gasteiger partial charge in [-0.05, 0) is 56.0 Å². The highest BCUT2D eigenvalue weighted by Gasteiger charge is 2.26. The van der Waals surface area contributed by atoms with Crippen LogP contribution >= 0.6 is 11.6 Å². The number of aromatic nitrogens is 4. The number of rotatable bonds is 12. The quantitative estimate of drug-likeness (QED) is 0.155. The number of benzene rings is 2. The van der Waals surface area contributed by atoms with Gasteiger partial charge in [0.1, 0.15) is 5.75 Å². The third kappa shape index (κ3) is 7.29. The first-order valence-corrected chi connectivity index (χ1v) is 17.9. The van der Waals surface area contributed by atoms with Gasteiger partial charge in [-0.15, -0.1) is 0 Å². The third-order valence-corrected chi connectivity index (χ3v) is 10.6. The van der Waals surface area contributed by atoms with Gasteiger partial charge >= 0.3 is 5.97 Å². The van der Waals surface area contributed by atoms with Crippen molar-refractivity contribution >= 4 is 28.5 Å². The van der Waals surface area contributed by atoms with Crippen molar-refractivity contribution in [2.75, 3.05) is 47.5 Å². The fraction of sp³-hybridized carbons (Fsp3) is 0.385. The Bertz CT molecular complexity index is 2060. The van der Waals surface area contributed by atoms with E-state index in [1.54, 1.807) is 26.0 Å². The lowest BCUT2D eigenvalue weighted by molar-refractivity contribution is -0.138. The zero-order chi connectivity index (χ0) is 36.4. The predicted octanol–water partition coefficient (Wildman–Crippen LogP) is 6.08. The molecule has 2 aromatic carbocycles. The molecular weight excluding hydrogens is 684 g/mol. The molecule has 2 saturated heterocycles. The number of carboxylic acids is 1. The molecule has 0 unspecified atom stereocenters. The number of carbonyl (C=O) groups is 1. The van der Waals surface area contributed by atoms with Crippen LogP contribution in [0.25, 0.3) is 39.1 Å². The van der Waals surface area contributed by atoms with Crippen molar-refractivity contribution in [3.63, 3.8) is 0 Å². The Morgan fingerprint density at radius 2 is 1.60 bits per heavy atom. The topological polar surface area (TPSA) is 135 Å². The van der Waals surface area contributed by atoms with E-state index in [1.807, 2.05) is 60.8 Å². The molecule has 272 valence electrons. The van der Waals surface area contributed by atoms with Crippen LogP contribution in [0.2, 0.25) is 5.02 Å². The first-order chi connectivity index (χ1) is 25.3. The van der Waals surface area contributed by atoms with Crippen LogP contribution in [0, 0.1) is 5.92 Å². The van der Waals surface area contributed by atoms with Gasteiger partial charge in [0.2, 0.25) is 11.8 Å². The van der Waals surface area contributed by atoms with Crippen molar-refractivity contribution in [1.29, 1.82) is 0 Å². The SMILES string of the molecule is COc1cc(-n2ncc3c(-c4cccc(-c5ccc(CN6CCC(CC(=O)O)CC6)c(OC)n5)c4Cl)cccc32)nc(OC)c1CN1CC[C@@H](O)C1. The lowest BCUT2D eigenvalue weighted by atomic mass is 9.93. The predicted molar refractivity (Wildman–Crippen MR) is 198 cm³/mol. The van der Waals surface area contributed by atoms with Gasteiger partial charge in [-0.2, -0.15) is 10.1 Å². The molecule has 13 heteroatoms. The van der Waals surface area contributed by atoms with Gasteiger partial charge in [0, 0.05) is 60.7 Å². The normalized spacial score (nSPS) is 17.1. The maximum Gasteiger partial charge on any atom is 0.303 e. The van der Waals surface area contributed by atoms with Gasteiger partial charge in [-0.1, -0.05) is 48.0 Å². The minimum atomic E-state index is -0.730. The molecule has 2 aliphatic heterocycles. The van der Waals surface area contributed by atoms with Crippen LogP contribution in [0.1, 0.15) is 36.8 Å². The van der Waals surface area contributed by atoms with Gasteiger partial charge in [0.05, 0.1) is 55.4 Å². The van der Waals surface area contributed by atoms with E-state index in [9.17, 15) is 9.90 Å². The van der Waals surface area contributed by atoms with Crippen molar-refractivity contribution in [3.05, 3.63) is 76.9 Å². The number of halogens is 1. The average molecular weight is 727 g/mol. The largest absolute Gasteiger partial charge is 0.496 e. The van der Waals surface area contributed by atoms with E-state index in [0.717, 1.165) is 77.6 Å². The molecule has 0 aliphatic carbocycles. The molecule has 0 spiro atoms. The molecule has 2 N–H and O–H groups in total. The van der Waals surface area contributed by atoms with Gasteiger partial charge in [-0.25, -0.2) is 9.67 Å². The summed E-state index contributed by atoms with van der Waals surface area (Å²) in [6, 6.07) is 17.8. The molecule has 0 radical (unpaired) electrons. The van der Waals surface area contributed by atoms with Crippen LogP contribution in [-0.2, 0) is 17.9 Å². The van der Waals surface area contributed by atoms with Crippen LogP contribution in [0.5, 0.6) is 17.5 Å². The summed E-state index contributed by atoms with van der Waals surface area (Å²) in [4.78, 5) is 25.3. The Hall–Kier alpha value is -4.75. The summed E-state index contributed by atoms with van der Waals surface area (Å²) in [6.07, 6.45) is 4.18. The molecule has 5 aromatic rings. The molecule has 52 heavy (non-hydrogen) atoms. The monoisotopic (exact) mass is 726 g/mol. The van der Waals surface area contributed by atoms with Gasteiger partial charge in [-0.3, -0.25) is 14.6 Å². The molecule has 0 amide bonds. The zero-order valence-electron chi connectivity index (χ0n) is 29.6. The Morgan fingerprint density at radius 1 is 0.865 bits per heavy atom. The summed E-state index contributed by atoms with van der Waals surface area (Å²) < 4.78 is 19.1. The van der Waals surface area contributed by atoms with Crippen LogP contribution in [0.3, 0.4) is 0 Å². The standard InChI is InChI=1S/C39H43ClN6O6/c1-50-34-19-35(43-39(52-3)31(34)23-45-17-14-26(47)22-45)46-33-9-5-6-27(30(33)20-41-46)28-7-4-8-29(37(28)40)32-11-10-25(38(42-32)51-2)21-44-15-12-24(13-16-44)18-36(48)49/h4-11,19-20,24,26,47H,12-18,21-23H2,1-3H3,(H,48,49)/t26-/m1/s1. The number of nitrogens with zero attached hydrogens (tertiary/aromatic N) is 6. The number of carboxylic acid groups (broad SMARTS) is 1. The fourth-order valence-corrected chi connectivity index (χ4v) is 7.78. The minimum absolute atomic E-state index is 0.225. The molecule has 3 aromatic heterocycles. The Balaban J connectivity index is 1.17. The van der Waals surface area contributed by atoms with Crippen molar-refractivity contribution in [2.45, 2.75) is 44.9 Å². The second-order valence-corrected chi connectivity index (χ2v) is 13.9. The third-order valence-electron chi connectivity index (χ3n) is 10.2. The number of fused-ring (bicyclic) bond motifs is 1. The molecule has 5 heterocycles. The number of aliphatic hydroxyl groups is 1. The Labute approximate surface area is 307 Å². The first-order valence-electron chi connectivity index (χ1n) is 17.5. The number of aliphatic hydroxyl groups excluding tert-OH is 1. The smallest absolute Gasteiger partial charge is 0.303 e. The van der Waals surface area contributed by atoms with Crippen molar-refractivity contribution < 1.29 is 29.2 Å². The van der Waals surface area contributed by atoms with Crippen LogP contribution in [0.4, 0.5) is 0 Å². The number of hydrogen-bond donors (Lipinski definition) is 2.